The second-order valence-electron chi connectivity index (χ2n) is 5.75. The highest BCUT2D eigenvalue weighted by Crippen LogP contribution is 2.14. The maximum atomic E-state index is 9.44. The van der Waals surface area contributed by atoms with Crippen molar-refractivity contribution in [1.82, 2.24) is 10.2 Å². The number of ether oxygens (including phenoxy) is 1. The summed E-state index contributed by atoms with van der Waals surface area (Å²) >= 11 is 0. The van der Waals surface area contributed by atoms with Crippen LogP contribution in [0.3, 0.4) is 0 Å². The van der Waals surface area contributed by atoms with Gasteiger partial charge in [-0.2, -0.15) is 0 Å². The van der Waals surface area contributed by atoms with Crippen LogP contribution in [0.4, 0.5) is 0 Å². The highest BCUT2D eigenvalue weighted by molar-refractivity contribution is 4.83. The molecule has 1 aliphatic heterocycles. The minimum absolute atomic E-state index is 0.156. The standard InChI is InChI=1S/C14H30N2O2/c1-4-15-14(2,12-17)8-9-16(3)11-13-7-5-6-10-18-13/h13,15,17H,4-12H2,1-3H3. The van der Waals surface area contributed by atoms with E-state index in [0.29, 0.717) is 6.10 Å². The summed E-state index contributed by atoms with van der Waals surface area (Å²) in [6, 6.07) is 0. The van der Waals surface area contributed by atoms with E-state index in [4.69, 9.17) is 4.74 Å². The van der Waals surface area contributed by atoms with Crippen molar-refractivity contribution in [3.05, 3.63) is 0 Å². The number of likely N-dealkylation sites (N-methyl/N-ethyl adjacent to an activating group) is 2. The fourth-order valence-electron chi connectivity index (χ4n) is 2.48. The SMILES string of the molecule is CCNC(C)(CO)CCN(C)CC1CCCCO1. The lowest BCUT2D eigenvalue weighted by Crippen LogP contribution is -2.48. The molecule has 1 aliphatic rings. The summed E-state index contributed by atoms with van der Waals surface area (Å²) in [4.78, 5) is 2.32. The average molecular weight is 258 g/mol. The van der Waals surface area contributed by atoms with Crippen LogP contribution < -0.4 is 5.32 Å². The van der Waals surface area contributed by atoms with Crippen LogP contribution in [0.25, 0.3) is 0 Å². The lowest BCUT2D eigenvalue weighted by molar-refractivity contribution is -0.00296. The van der Waals surface area contributed by atoms with E-state index in [1.807, 2.05) is 0 Å². The Kier molecular flexibility index (Phi) is 7.15. The van der Waals surface area contributed by atoms with Crippen molar-refractivity contribution in [3.8, 4) is 0 Å². The second kappa shape index (κ2) is 8.10. The van der Waals surface area contributed by atoms with Crippen LogP contribution in [0.15, 0.2) is 0 Å². The third kappa shape index (κ3) is 5.65. The van der Waals surface area contributed by atoms with Gasteiger partial charge in [0.15, 0.2) is 0 Å². The molecule has 1 saturated heterocycles. The molecule has 1 heterocycles. The highest BCUT2D eigenvalue weighted by Gasteiger charge is 2.23. The molecule has 0 aromatic rings. The van der Waals surface area contributed by atoms with Gasteiger partial charge in [0.1, 0.15) is 0 Å². The fourth-order valence-corrected chi connectivity index (χ4v) is 2.48. The number of aliphatic hydroxyl groups excluding tert-OH is 1. The van der Waals surface area contributed by atoms with Crippen LogP contribution in [0.5, 0.6) is 0 Å². The Hall–Kier alpha value is -0.160. The van der Waals surface area contributed by atoms with Gasteiger partial charge in [-0.25, -0.2) is 0 Å². The van der Waals surface area contributed by atoms with E-state index in [1.54, 1.807) is 0 Å². The molecule has 0 saturated carbocycles. The van der Waals surface area contributed by atoms with Crippen LogP contribution in [-0.2, 0) is 4.74 Å². The molecule has 0 aromatic heterocycles. The van der Waals surface area contributed by atoms with E-state index in [1.165, 1.54) is 19.3 Å². The lowest BCUT2D eigenvalue weighted by atomic mass is 9.98. The number of rotatable bonds is 8. The molecule has 1 fully saturated rings. The molecular formula is C14H30N2O2. The van der Waals surface area contributed by atoms with E-state index in [-0.39, 0.29) is 12.1 Å². The van der Waals surface area contributed by atoms with Crippen molar-refractivity contribution in [3.63, 3.8) is 0 Å². The maximum absolute atomic E-state index is 9.44. The maximum Gasteiger partial charge on any atom is 0.0701 e. The van der Waals surface area contributed by atoms with Gasteiger partial charge in [0.25, 0.3) is 0 Å². The third-order valence-corrected chi connectivity index (χ3v) is 3.79. The normalized spacial score (nSPS) is 24.2. The van der Waals surface area contributed by atoms with Crippen molar-refractivity contribution >= 4 is 0 Å². The van der Waals surface area contributed by atoms with Crippen molar-refractivity contribution in [2.75, 3.05) is 39.9 Å². The Morgan fingerprint density at radius 3 is 2.78 bits per heavy atom. The third-order valence-electron chi connectivity index (χ3n) is 3.79. The Balaban J connectivity index is 2.24. The summed E-state index contributed by atoms with van der Waals surface area (Å²) in [5.41, 5.74) is -0.156. The molecule has 4 nitrogen and oxygen atoms in total. The van der Waals surface area contributed by atoms with Gasteiger partial charge in [-0.15, -0.1) is 0 Å². The van der Waals surface area contributed by atoms with Gasteiger partial charge in [0.05, 0.1) is 12.7 Å². The van der Waals surface area contributed by atoms with Crippen molar-refractivity contribution in [2.45, 2.75) is 51.2 Å². The Labute approximate surface area is 112 Å². The Morgan fingerprint density at radius 2 is 2.22 bits per heavy atom. The molecule has 18 heavy (non-hydrogen) atoms. The molecule has 4 heteroatoms. The summed E-state index contributed by atoms with van der Waals surface area (Å²) in [5, 5.41) is 12.8. The van der Waals surface area contributed by atoms with Gasteiger partial charge in [-0.05, 0) is 52.7 Å². The molecular weight excluding hydrogens is 228 g/mol. The highest BCUT2D eigenvalue weighted by atomic mass is 16.5. The van der Waals surface area contributed by atoms with Crippen molar-refractivity contribution < 1.29 is 9.84 Å². The first-order valence-electron chi connectivity index (χ1n) is 7.25. The largest absolute Gasteiger partial charge is 0.394 e. The van der Waals surface area contributed by atoms with Crippen LogP contribution in [-0.4, -0.2) is 61.5 Å². The quantitative estimate of drug-likeness (QED) is 0.687. The molecule has 0 aliphatic carbocycles. The van der Waals surface area contributed by atoms with Crippen molar-refractivity contribution in [2.24, 2.45) is 0 Å². The number of nitrogens with zero attached hydrogens (tertiary/aromatic N) is 1. The van der Waals surface area contributed by atoms with Gasteiger partial charge in [0, 0.05) is 18.7 Å². The van der Waals surface area contributed by atoms with Gasteiger partial charge in [-0.3, -0.25) is 0 Å². The van der Waals surface area contributed by atoms with E-state index < -0.39 is 0 Å². The number of hydrogen-bond donors (Lipinski definition) is 2. The molecule has 0 aromatic carbocycles. The molecule has 0 spiro atoms. The van der Waals surface area contributed by atoms with Crippen LogP contribution in [0.2, 0.25) is 0 Å². The molecule has 108 valence electrons. The first-order valence-corrected chi connectivity index (χ1v) is 7.25. The molecule has 1 rings (SSSR count). The summed E-state index contributed by atoms with van der Waals surface area (Å²) in [6.45, 7) is 8.16. The zero-order valence-corrected chi connectivity index (χ0v) is 12.2. The van der Waals surface area contributed by atoms with Gasteiger partial charge in [-0.1, -0.05) is 6.92 Å². The first kappa shape index (κ1) is 15.9. The molecule has 0 amide bonds. The second-order valence-corrected chi connectivity index (χ2v) is 5.75. The summed E-state index contributed by atoms with van der Waals surface area (Å²) in [7, 11) is 2.14. The van der Waals surface area contributed by atoms with Gasteiger partial charge < -0.3 is 20.1 Å². The minimum atomic E-state index is -0.156. The molecule has 0 bridgehead atoms. The minimum Gasteiger partial charge on any atom is -0.394 e. The van der Waals surface area contributed by atoms with Crippen molar-refractivity contribution in [1.29, 1.82) is 0 Å². The monoisotopic (exact) mass is 258 g/mol. The molecule has 2 N–H and O–H groups in total. The zero-order valence-electron chi connectivity index (χ0n) is 12.2. The molecule has 2 atom stereocenters. The summed E-state index contributed by atoms with van der Waals surface area (Å²) in [6.07, 6.45) is 5.06. The smallest absolute Gasteiger partial charge is 0.0701 e. The molecule has 0 radical (unpaired) electrons. The summed E-state index contributed by atoms with van der Waals surface area (Å²) < 4.78 is 5.75. The first-order chi connectivity index (χ1) is 8.59. The Morgan fingerprint density at radius 1 is 1.44 bits per heavy atom. The topological polar surface area (TPSA) is 44.7 Å². The van der Waals surface area contributed by atoms with Crippen LogP contribution in [0, 0.1) is 0 Å². The van der Waals surface area contributed by atoms with E-state index in [9.17, 15) is 5.11 Å². The van der Waals surface area contributed by atoms with Gasteiger partial charge in [0.2, 0.25) is 0 Å². The van der Waals surface area contributed by atoms with E-state index in [0.717, 1.165) is 32.7 Å². The number of hydrogen-bond acceptors (Lipinski definition) is 4. The van der Waals surface area contributed by atoms with Crippen LogP contribution in [0.1, 0.15) is 39.5 Å². The zero-order chi connectivity index (χ0) is 13.4. The van der Waals surface area contributed by atoms with Crippen LogP contribution >= 0.6 is 0 Å². The van der Waals surface area contributed by atoms with E-state index in [2.05, 4.69) is 31.1 Å². The summed E-state index contributed by atoms with van der Waals surface area (Å²) in [5.74, 6) is 0. The fraction of sp³-hybridized carbons (Fsp3) is 1.00. The van der Waals surface area contributed by atoms with E-state index >= 15 is 0 Å². The average Bonchev–Trinajstić information content (AvgIpc) is 2.38. The Bertz CT molecular complexity index is 220. The van der Waals surface area contributed by atoms with Gasteiger partial charge >= 0.3 is 0 Å². The number of aliphatic hydroxyl groups is 1. The number of nitrogens with one attached hydrogen (secondary N) is 1. The lowest BCUT2D eigenvalue weighted by Gasteiger charge is -2.32. The predicted octanol–water partition coefficient (Wildman–Crippen LogP) is 1.24. The molecule has 2 unspecified atom stereocenters. The predicted molar refractivity (Wildman–Crippen MR) is 74.9 cm³/mol.